The number of nitro benzene ring substituents is 1. The van der Waals surface area contributed by atoms with Gasteiger partial charge in [-0.15, -0.1) is 0 Å². The molecule has 0 unspecified atom stereocenters. The third kappa shape index (κ3) is 2.89. The highest BCUT2D eigenvalue weighted by atomic mass is 32.1. The molecule has 1 amide bonds. The van der Waals surface area contributed by atoms with Gasteiger partial charge in [-0.05, 0) is 23.6 Å². The van der Waals surface area contributed by atoms with Gasteiger partial charge in [-0.2, -0.15) is 11.3 Å². The summed E-state index contributed by atoms with van der Waals surface area (Å²) in [4.78, 5) is 22.4. The molecule has 98 valence electrons. The predicted molar refractivity (Wildman–Crippen MR) is 74.9 cm³/mol. The number of thiophene rings is 1. The molecule has 2 N–H and O–H groups in total. The van der Waals surface area contributed by atoms with Crippen molar-refractivity contribution in [1.82, 2.24) is 0 Å². The van der Waals surface area contributed by atoms with Crippen LogP contribution in [0, 0.1) is 10.1 Å². The van der Waals surface area contributed by atoms with E-state index in [9.17, 15) is 14.9 Å². The average molecular weight is 277 g/mol. The number of amides is 1. The number of nitro groups is 1. The van der Waals surface area contributed by atoms with Gasteiger partial charge < -0.3 is 10.6 Å². The Morgan fingerprint density at radius 2 is 2.11 bits per heavy atom. The van der Waals surface area contributed by atoms with Gasteiger partial charge in [0.05, 0.1) is 10.6 Å². The molecular weight excluding hydrogens is 266 g/mol. The van der Waals surface area contributed by atoms with E-state index >= 15 is 0 Å². The van der Waals surface area contributed by atoms with E-state index in [1.54, 1.807) is 24.6 Å². The number of rotatable bonds is 4. The number of hydrogen-bond acceptors (Lipinski definition) is 5. The number of anilines is 2. The monoisotopic (exact) mass is 277 g/mol. The molecule has 0 atom stereocenters. The zero-order valence-corrected chi connectivity index (χ0v) is 10.9. The zero-order valence-electron chi connectivity index (χ0n) is 10.0. The molecule has 1 aromatic heterocycles. The second-order valence-electron chi connectivity index (χ2n) is 3.71. The number of nitrogens with zero attached hydrogens (tertiary/aromatic N) is 1. The lowest BCUT2D eigenvalue weighted by atomic mass is 10.1. The highest BCUT2D eigenvalue weighted by Crippen LogP contribution is 2.24. The standard InChI is InChI=1S/C12H11N3O3S/c1-13-8-2-3-11(15(17)18)10(6-8)12(16)14-9-4-5-19-7-9/h2-7,13H,1H3,(H,14,16). The highest BCUT2D eigenvalue weighted by molar-refractivity contribution is 7.08. The number of benzene rings is 1. The largest absolute Gasteiger partial charge is 0.388 e. The Morgan fingerprint density at radius 1 is 1.32 bits per heavy atom. The molecule has 0 radical (unpaired) electrons. The number of carbonyl (C=O) groups is 1. The van der Waals surface area contributed by atoms with Crippen LogP contribution in [-0.4, -0.2) is 17.9 Å². The summed E-state index contributed by atoms with van der Waals surface area (Å²) in [6.07, 6.45) is 0. The molecule has 19 heavy (non-hydrogen) atoms. The summed E-state index contributed by atoms with van der Waals surface area (Å²) in [5.41, 5.74) is 1.08. The van der Waals surface area contributed by atoms with E-state index in [4.69, 9.17) is 0 Å². The maximum atomic E-state index is 12.1. The fourth-order valence-electron chi connectivity index (χ4n) is 1.57. The van der Waals surface area contributed by atoms with E-state index < -0.39 is 10.8 Å². The quantitative estimate of drug-likeness (QED) is 0.664. The lowest BCUT2D eigenvalue weighted by molar-refractivity contribution is -0.385. The van der Waals surface area contributed by atoms with E-state index in [-0.39, 0.29) is 11.3 Å². The lowest BCUT2D eigenvalue weighted by Gasteiger charge is -2.06. The van der Waals surface area contributed by atoms with Crippen molar-refractivity contribution in [2.75, 3.05) is 17.7 Å². The van der Waals surface area contributed by atoms with E-state index in [1.165, 1.54) is 23.5 Å². The van der Waals surface area contributed by atoms with Crippen molar-refractivity contribution in [3.05, 3.63) is 50.7 Å². The third-order valence-electron chi connectivity index (χ3n) is 2.51. The van der Waals surface area contributed by atoms with Gasteiger partial charge >= 0.3 is 0 Å². The van der Waals surface area contributed by atoms with Gasteiger partial charge in [-0.1, -0.05) is 0 Å². The first kappa shape index (κ1) is 13.0. The smallest absolute Gasteiger partial charge is 0.282 e. The molecule has 0 bridgehead atoms. The Balaban J connectivity index is 2.35. The van der Waals surface area contributed by atoms with E-state index in [0.717, 1.165) is 0 Å². The van der Waals surface area contributed by atoms with Gasteiger partial charge in [-0.25, -0.2) is 0 Å². The lowest BCUT2D eigenvalue weighted by Crippen LogP contribution is -2.13. The van der Waals surface area contributed by atoms with Crippen LogP contribution in [0.25, 0.3) is 0 Å². The van der Waals surface area contributed by atoms with Gasteiger partial charge in [0.25, 0.3) is 11.6 Å². The molecule has 0 saturated carbocycles. The van der Waals surface area contributed by atoms with Crippen LogP contribution in [-0.2, 0) is 0 Å². The molecule has 0 spiro atoms. The summed E-state index contributed by atoms with van der Waals surface area (Å²) >= 11 is 1.43. The predicted octanol–water partition coefficient (Wildman–Crippen LogP) is 2.95. The van der Waals surface area contributed by atoms with Crippen molar-refractivity contribution >= 4 is 34.3 Å². The van der Waals surface area contributed by atoms with Gasteiger partial charge in [0.2, 0.25) is 0 Å². The summed E-state index contributed by atoms with van der Waals surface area (Å²) < 4.78 is 0. The normalized spacial score (nSPS) is 9.95. The minimum absolute atomic E-state index is 0.0306. The Kier molecular flexibility index (Phi) is 3.76. The molecule has 1 aromatic carbocycles. The molecule has 0 fully saturated rings. The Morgan fingerprint density at radius 3 is 2.68 bits per heavy atom. The van der Waals surface area contributed by atoms with Gasteiger partial charge in [-0.3, -0.25) is 14.9 Å². The molecule has 0 aliphatic rings. The molecule has 7 heteroatoms. The van der Waals surface area contributed by atoms with E-state index in [1.807, 2.05) is 5.38 Å². The molecular formula is C12H11N3O3S. The van der Waals surface area contributed by atoms with Crippen LogP contribution in [0.4, 0.5) is 17.1 Å². The van der Waals surface area contributed by atoms with Crippen LogP contribution in [0.15, 0.2) is 35.0 Å². The third-order valence-corrected chi connectivity index (χ3v) is 3.19. The Bertz CT molecular complexity index is 611. The summed E-state index contributed by atoms with van der Waals surface area (Å²) in [5.74, 6) is -0.498. The van der Waals surface area contributed by atoms with Crippen LogP contribution in [0.2, 0.25) is 0 Å². The maximum absolute atomic E-state index is 12.1. The summed E-state index contributed by atoms with van der Waals surface area (Å²) in [7, 11) is 1.68. The molecule has 1 heterocycles. The molecule has 0 saturated heterocycles. The zero-order chi connectivity index (χ0) is 13.8. The molecule has 0 aliphatic carbocycles. The number of hydrogen-bond donors (Lipinski definition) is 2. The first-order valence-electron chi connectivity index (χ1n) is 5.41. The van der Waals surface area contributed by atoms with Crippen molar-refractivity contribution in [3.8, 4) is 0 Å². The molecule has 2 rings (SSSR count). The SMILES string of the molecule is CNc1ccc([N+](=O)[O-])c(C(=O)Nc2ccsc2)c1. The van der Waals surface area contributed by atoms with Gasteiger partial charge in [0, 0.05) is 24.2 Å². The van der Waals surface area contributed by atoms with Crippen molar-refractivity contribution in [2.45, 2.75) is 0 Å². The Hall–Kier alpha value is -2.41. The first-order chi connectivity index (χ1) is 9.11. The molecule has 0 aliphatic heterocycles. The second kappa shape index (κ2) is 5.49. The van der Waals surface area contributed by atoms with Crippen molar-refractivity contribution in [1.29, 1.82) is 0 Å². The minimum atomic E-state index is -0.567. The van der Waals surface area contributed by atoms with E-state index in [2.05, 4.69) is 10.6 Å². The van der Waals surface area contributed by atoms with Crippen LogP contribution < -0.4 is 10.6 Å². The van der Waals surface area contributed by atoms with Crippen LogP contribution in [0.1, 0.15) is 10.4 Å². The van der Waals surface area contributed by atoms with Crippen molar-refractivity contribution in [3.63, 3.8) is 0 Å². The van der Waals surface area contributed by atoms with Crippen molar-refractivity contribution < 1.29 is 9.72 Å². The number of nitrogens with one attached hydrogen (secondary N) is 2. The van der Waals surface area contributed by atoms with Crippen LogP contribution in [0.3, 0.4) is 0 Å². The van der Waals surface area contributed by atoms with Crippen LogP contribution >= 0.6 is 11.3 Å². The minimum Gasteiger partial charge on any atom is -0.388 e. The summed E-state index contributed by atoms with van der Waals surface area (Å²) in [6.45, 7) is 0. The van der Waals surface area contributed by atoms with Gasteiger partial charge in [0.1, 0.15) is 5.56 Å². The topological polar surface area (TPSA) is 84.3 Å². The van der Waals surface area contributed by atoms with Crippen LogP contribution in [0.5, 0.6) is 0 Å². The Labute approximate surface area is 113 Å². The first-order valence-corrected chi connectivity index (χ1v) is 6.36. The summed E-state index contributed by atoms with van der Waals surface area (Å²) in [5, 5.41) is 20.0. The fraction of sp³-hybridized carbons (Fsp3) is 0.0833. The maximum Gasteiger partial charge on any atom is 0.282 e. The fourth-order valence-corrected chi connectivity index (χ4v) is 2.15. The highest BCUT2D eigenvalue weighted by Gasteiger charge is 2.20. The van der Waals surface area contributed by atoms with Gasteiger partial charge in [0.15, 0.2) is 0 Å². The number of carbonyl (C=O) groups excluding carboxylic acids is 1. The molecule has 6 nitrogen and oxygen atoms in total. The van der Waals surface area contributed by atoms with E-state index in [0.29, 0.717) is 11.4 Å². The average Bonchev–Trinajstić information content (AvgIpc) is 2.90. The summed E-state index contributed by atoms with van der Waals surface area (Å²) in [6, 6.07) is 6.06. The molecule has 2 aromatic rings. The van der Waals surface area contributed by atoms with Crippen molar-refractivity contribution in [2.24, 2.45) is 0 Å². The second-order valence-corrected chi connectivity index (χ2v) is 4.49.